The SMILES string of the molecule is CCCC(C)(N)c1nc2cnccc2n1C(C)C. The molecule has 0 radical (unpaired) electrons. The number of hydrogen-bond donors (Lipinski definition) is 1. The summed E-state index contributed by atoms with van der Waals surface area (Å²) in [6.07, 6.45) is 5.59. The molecule has 0 bridgehead atoms. The highest BCUT2D eigenvalue weighted by Gasteiger charge is 2.28. The van der Waals surface area contributed by atoms with Crippen molar-refractivity contribution in [2.24, 2.45) is 5.73 Å². The molecule has 2 N–H and O–H groups in total. The molecule has 0 amide bonds. The Morgan fingerprint density at radius 2 is 2.17 bits per heavy atom. The van der Waals surface area contributed by atoms with E-state index in [9.17, 15) is 0 Å². The number of nitrogens with zero attached hydrogens (tertiary/aromatic N) is 3. The fraction of sp³-hybridized carbons (Fsp3) is 0.571. The van der Waals surface area contributed by atoms with Crippen LogP contribution in [0.2, 0.25) is 0 Å². The molecule has 1 unspecified atom stereocenters. The van der Waals surface area contributed by atoms with Crippen molar-refractivity contribution in [1.82, 2.24) is 14.5 Å². The third-order valence-electron chi connectivity index (χ3n) is 3.29. The van der Waals surface area contributed by atoms with E-state index in [2.05, 4.69) is 37.2 Å². The van der Waals surface area contributed by atoms with Crippen molar-refractivity contribution in [2.75, 3.05) is 0 Å². The highest BCUT2D eigenvalue weighted by molar-refractivity contribution is 5.75. The fourth-order valence-corrected chi connectivity index (χ4v) is 2.51. The van der Waals surface area contributed by atoms with Gasteiger partial charge >= 0.3 is 0 Å². The standard InChI is InChI=1S/C14H22N4/c1-5-7-14(4,15)13-17-11-9-16-8-6-12(11)18(13)10(2)3/h6,8-10H,5,7,15H2,1-4H3. The zero-order valence-corrected chi connectivity index (χ0v) is 11.6. The van der Waals surface area contributed by atoms with Gasteiger partial charge in [0.2, 0.25) is 0 Å². The van der Waals surface area contributed by atoms with E-state index in [1.54, 1.807) is 12.4 Å². The molecule has 2 aromatic heterocycles. The highest BCUT2D eigenvalue weighted by atomic mass is 15.1. The van der Waals surface area contributed by atoms with Crippen LogP contribution >= 0.6 is 0 Å². The molecule has 0 aromatic carbocycles. The third kappa shape index (κ3) is 2.12. The minimum atomic E-state index is -0.391. The molecule has 2 aromatic rings. The van der Waals surface area contributed by atoms with E-state index in [0.29, 0.717) is 6.04 Å². The molecule has 0 aliphatic heterocycles. The average Bonchev–Trinajstić information content (AvgIpc) is 2.68. The van der Waals surface area contributed by atoms with Crippen LogP contribution in [0, 0.1) is 0 Å². The Labute approximate surface area is 108 Å². The van der Waals surface area contributed by atoms with Gasteiger partial charge in [0.1, 0.15) is 11.3 Å². The number of pyridine rings is 1. The van der Waals surface area contributed by atoms with Gasteiger partial charge in [0.25, 0.3) is 0 Å². The highest BCUT2D eigenvalue weighted by Crippen LogP contribution is 2.29. The summed E-state index contributed by atoms with van der Waals surface area (Å²) < 4.78 is 2.23. The summed E-state index contributed by atoms with van der Waals surface area (Å²) in [6.45, 7) is 8.53. The van der Waals surface area contributed by atoms with E-state index >= 15 is 0 Å². The van der Waals surface area contributed by atoms with Gasteiger partial charge in [-0.3, -0.25) is 4.98 Å². The largest absolute Gasteiger partial charge is 0.324 e. The average molecular weight is 246 g/mol. The molecule has 0 saturated carbocycles. The van der Waals surface area contributed by atoms with Gasteiger partial charge in [-0.2, -0.15) is 0 Å². The van der Waals surface area contributed by atoms with Crippen molar-refractivity contribution in [3.8, 4) is 0 Å². The molecule has 2 heterocycles. The van der Waals surface area contributed by atoms with E-state index in [4.69, 9.17) is 10.7 Å². The maximum absolute atomic E-state index is 6.45. The molecule has 98 valence electrons. The smallest absolute Gasteiger partial charge is 0.130 e. The second kappa shape index (κ2) is 4.69. The summed E-state index contributed by atoms with van der Waals surface area (Å²) in [5, 5.41) is 0. The topological polar surface area (TPSA) is 56.7 Å². The van der Waals surface area contributed by atoms with Gasteiger partial charge in [0, 0.05) is 12.2 Å². The predicted molar refractivity (Wildman–Crippen MR) is 74.4 cm³/mol. The van der Waals surface area contributed by atoms with Gasteiger partial charge < -0.3 is 10.3 Å². The summed E-state index contributed by atoms with van der Waals surface area (Å²) in [5.41, 5.74) is 8.10. The van der Waals surface area contributed by atoms with Gasteiger partial charge in [-0.1, -0.05) is 13.3 Å². The van der Waals surface area contributed by atoms with Crippen LogP contribution in [0.15, 0.2) is 18.5 Å². The van der Waals surface area contributed by atoms with Gasteiger partial charge in [0.15, 0.2) is 0 Å². The van der Waals surface area contributed by atoms with Gasteiger partial charge in [-0.05, 0) is 33.3 Å². The van der Waals surface area contributed by atoms with Crippen molar-refractivity contribution in [3.63, 3.8) is 0 Å². The van der Waals surface area contributed by atoms with Crippen molar-refractivity contribution in [2.45, 2.75) is 52.1 Å². The Kier molecular flexibility index (Phi) is 3.39. The molecular formula is C14H22N4. The van der Waals surface area contributed by atoms with Gasteiger partial charge in [-0.15, -0.1) is 0 Å². The summed E-state index contributed by atoms with van der Waals surface area (Å²) in [6, 6.07) is 2.35. The molecule has 2 rings (SSSR count). The van der Waals surface area contributed by atoms with Crippen LogP contribution in [0.5, 0.6) is 0 Å². The predicted octanol–water partition coefficient (Wildman–Crippen LogP) is 2.99. The first-order valence-electron chi connectivity index (χ1n) is 6.58. The number of imidazole rings is 1. The summed E-state index contributed by atoms with van der Waals surface area (Å²) in [4.78, 5) is 8.84. The third-order valence-corrected chi connectivity index (χ3v) is 3.29. The van der Waals surface area contributed by atoms with E-state index in [-0.39, 0.29) is 0 Å². The first-order chi connectivity index (χ1) is 8.47. The van der Waals surface area contributed by atoms with Crippen LogP contribution in [-0.2, 0) is 5.54 Å². The first-order valence-corrected chi connectivity index (χ1v) is 6.58. The summed E-state index contributed by atoms with van der Waals surface area (Å²) in [7, 11) is 0. The monoisotopic (exact) mass is 246 g/mol. The molecular weight excluding hydrogens is 224 g/mol. The lowest BCUT2D eigenvalue weighted by Crippen LogP contribution is -2.36. The lowest BCUT2D eigenvalue weighted by molar-refractivity contribution is 0.390. The quantitative estimate of drug-likeness (QED) is 0.902. The number of hydrogen-bond acceptors (Lipinski definition) is 3. The van der Waals surface area contributed by atoms with E-state index in [1.807, 2.05) is 6.07 Å². The minimum absolute atomic E-state index is 0.340. The maximum atomic E-state index is 6.45. The van der Waals surface area contributed by atoms with Crippen molar-refractivity contribution < 1.29 is 0 Å². The molecule has 0 spiro atoms. The van der Waals surface area contributed by atoms with Crippen LogP contribution in [0.3, 0.4) is 0 Å². The number of aromatic nitrogens is 3. The fourth-order valence-electron chi connectivity index (χ4n) is 2.51. The van der Waals surface area contributed by atoms with Crippen molar-refractivity contribution in [1.29, 1.82) is 0 Å². The summed E-state index contributed by atoms with van der Waals surface area (Å²) >= 11 is 0. The Bertz CT molecular complexity index is 540. The summed E-state index contributed by atoms with van der Waals surface area (Å²) in [5.74, 6) is 0.961. The van der Waals surface area contributed by atoms with Crippen LogP contribution < -0.4 is 5.73 Å². The zero-order valence-electron chi connectivity index (χ0n) is 11.6. The number of rotatable bonds is 4. The van der Waals surface area contributed by atoms with Crippen LogP contribution in [0.25, 0.3) is 11.0 Å². The maximum Gasteiger partial charge on any atom is 0.130 e. The van der Waals surface area contributed by atoms with Gasteiger partial charge in [0.05, 0.1) is 17.3 Å². The molecule has 0 aliphatic carbocycles. The Morgan fingerprint density at radius 3 is 2.78 bits per heavy atom. The molecule has 4 heteroatoms. The van der Waals surface area contributed by atoms with Crippen LogP contribution in [-0.4, -0.2) is 14.5 Å². The second-order valence-electron chi connectivity index (χ2n) is 5.43. The molecule has 0 fully saturated rings. The number of nitrogens with two attached hydrogens (primary N) is 1. The second-order valence-corrected chi connectivity index (χ2v) is 5.43. The number of fused-ring (bicyclic) bond motifs is 1. The molecule has 18 heavy (non-hydrogen) atoms. The Balaban J connectivity index is 2.66. The van der Waals surface area contributed by atoms with Crippen LogP contribution in [0.1, 0.15) is 52.4 Å². The lowest BCUT2D eigenvalue weighted by Gasteiger charge is -2.26. The Morgan fingerprint density at radius 1 is 1.44 bits per heavy atom. The van der Waals surface area contributed by atoms with E-state index < -0.39 is 5.54 Å². The zero-order chi connectivity index (χ0) is 13.3. The Hall–Kier alpha value is -1.42. The minimum Gasteiger partial charge on any atom is -0.324 e. The normalized spacial score (nSPS) is 15.2. The lowest BCUT2D eigenvalue weighted by atomic mass is 9.96. The first kappa shape index (κ1) is 13.0. The molecule has 4 nitrogen and oxygen atoms in total. The van der Waals surface area contributed by atoms with E-state index in [1.165, 1.54) is 0 Å². The van der Waals surface area contributed by atoms with Crippen molar-refractivity contribution >= 4 is 11.0 Å². The van der Waals surface area contributed by atoms with E-state index in [0.717, 1.165) is 29.7 Å². The van der Waals surface area contributed by atoms with Gasteiger partial charge in [-0.25, -0.2) is 4.98 Å². The molecule has 1 atom stereocenters. The van der Waals surface area contributed by atoms with Crippen LogP contribution in [0.4, 0.5) is 0 Å². The molecule has 0 aliphatic rings. The van der Waals surface area contributed by atoms with Crippen molar-refractivity contribution in [3.05, 3.63) is 24.3 Å². The molecule has 0 saturated heterocycles.